The van der Waals surface area contributed by atoms with Gasteiger partial charge in [0, 0.05) is 25.5 Å². The maximum Gasteiger partial charge on any atom is 0.256 e. The minimum atomic E-state index is -0.0516. The van der Waals surface area contributed by atoms with Gasteiger partial charge in [-0.1, -0.05) is 18.2 Å². The summed E-state index contributed by atoms with van der Waals surface area (Å²) in [4.78, 5) is 12.6. The lowest BCUT2D eigenvalue weighted by Gasteiger charge is -2.29. The molecule has 0 aliphatic heterocycles. The Hall–Kier alpha value is -2.76. The lowest BCUT2D eigenvalue weighted by Crippen LogP contribution is -2.39. The highest BCUT2D eigenvalue weighted by molar-refractivity contribution is 5.99. The SMILES string of the molecule is Cn1ccn2ncc(C(=O)NC3CCC(Oc4ccccc4)CC3)c12. The second-order valence-corrected chi connectivity index (χ2v) is 6.61. The molecule has 4 rings (SSSR count). The van der Waals surface area contributed by atoms with E-state index in [4.69, 9.17) is 4.74 Å². The summed E-state index contributed by atoms with van der Waals surface area (Å²) in [6.45, 7) is 0. The number of imidazole rings is 1. The van der Waals surface area contributed by atoms with Crippen molar-refractivity contribution in [3.63, 3.8) is 0 Å². The van der Waals surface area contributed by atoms with Crippen LogP contribution < -0.4 is 10.1 Å². The van der Waals surface area contributed by atoms with E-state index in [2.05, 4.69) is 10.4 Å². The molecule has 0 bridgehead atoms. The lowest BCUT2D eigenvalue weighted by atomic mass is 9.92. The van der Waals surface area contributed by atoms with Crippen LogP contribution in [0.25, 0.3) is 5.65 Å². The average molecular weight is 338 g/mol. The van der Waals surface area contributed by atoms with Crippen molar-refractivity contribution in [2.75, 3.05) is 0 Å². The van der Waals surface area contributed by atoms with E-state index in [1.165, 1.54) is 0 Å². The zero-order valence-corrected chi connectivity index (χ0v) is 14.3. The summed E-state index contributed by atoms with van der Waals surface area (Å²) in [6.07, 6.45) is 9.37. The molecule has 1 aliphatic carbocycles. The van der Waals surface area contributed by atoms with Crippen LogP contribution in [0.1, 0.15) is 36.0 Å². The van der Waals surface area contributed by atoms with Crippen LogP contribution in [0.3, 0.4) is 0 Å². The topological polar surface area (TPSA) is 60.6 Å². The molecule has 1 saturated carbocycles. The van der Waals surface area contributed by atoms with Gasteiger partial charge in [-0.3, -0.25) is 4.79 Å². The summed E-state index contributed by atoms with van der Waals surface area (Å²) in [5.74, 6) is 0.866. The predicted octanol–water partition coefficient (Wildman–Crippen LogP) is 2.79. The summed E-state index contributed by atoms with van der Waals surface area (Å²) < 4.78 is 9.65. The Morgan fingerprint density at radius 1 is 1.16 bits per heavy atom. The number of hydrogen-bond donors (Lipinski definition) is 1. The number of fused-ring (bicyclic) bond motifs is 1. The normalized spacial score (nSPS) is 20.5. The molecule has 1 aromatic carbocycles. The average Bonchev–Trinajstić information content (AvgIpc) is 3.21. The molecule has 0 saturated heterocycles. The molecule has 0 unspecified atom stereocenters. The van der Waals surface area contributed by atoms with E-state index in [1.807, 2.05) is 54.3 Å². The first-order valence-electron chi connectivity index (χ1n) is 8.72. The predicted molar refractivity (Wildman–Crippen MR) is 94.7 cm³/mol. The van der Waals surface area contributed by atoms with Crippen LogP contribution in [0.4, 0.5) is 0 Å². The van der Waals surface area contributed by atoms with E-state index >= 15 is 0 Å². The first-order chi connectivity index (χ1) is 12.2. The molecule has 1 amide bonds. The summed E-state index contributed by atoms with van der Waals surface area (Å²) in [7, 11) is 1.92. The Bertz CT molecular complexity index is 860. The van der Waals surface area contributed by atoms with Gasteiger partial charge in [-0.05, 0) is 37.8 Å². The van der Waals surface area contributed by atoms with E-state index in [-0.39, 0.29) is 18.1 Å². The number of benzene rings is 1. The third-order valence-electron chi connectivity index (χ3n) is 4.83. The molecular formula is C19H22N4O2. The van der Waals surface area contributed by atoms with Crippen molar-refractivity contribution in [3.05, 3.63) is 54.5 Å². The lowest BCUT2D eigenvalue weighted by molar-refractivity contribution is 0.0895. The number of carbonyl (C=O) groups excluding carboxylic acids is 1. The van der Waals surface area contributed by atoms with Gasteiger partial charge in [0.25, 0.3) is 5.91 Å². The quantitative estimate of drug-likeness (QED) is 0.796. The van der Waals surface area contributed by atoms with Crippen molar-refractivity contribution >= 4 is 11.6 Å². The molecule has 1 N–H and O–H groups in total. The first-order valence-corrected chi connectivity index (χ1v) is 8.72. The zero-order chi connectivity index (χ0) is 17.2. The second-order valence-electron chi connectivity index (χ2n) is 6.61. The molecular weight excluding hydrogens is 316 g/mol. The molecule has 3 aromatic rings. The highest BCUT2D eigenvalue weighted by Gasteiger charge is 2.25. The molecule has 1 aliphatic rings. The molecule has 1 fully saturated rings. The Morgan fingerprint density at radius 2 is 1.92 bits per heavy atom. The number of nitrogens with zero attached hydrogens (tertiary/aromatic N) is 3. The molecule has 130 valence electrons. The van der Waals surface area contributed by atoms with E-state index in [1.54, 1.807) is 10.7 Å². The van der Waals surface area contributed by atoms with Crippen molar-refractivity contribution in [3.8, 4) is 5.75 Å². The third-order valence-corrected chi connectivity index (χ3v) is 4.83. The van der Waals surface area contributed by atoms with Crippen molar-refractivity contribution in [2.45, 2.75) is 37.8 Å². The molecule has 2 aromatic heterocycles. The molecule has 6 nitrogen and oxygen atoms in total. The number of aromatic nitrogens is 3. The van der Waals surface area contributed by atoms with Gasteiger partial charge in [0.1, 0.15) is 17.0 Å². The number of aryl methyl sites for hydroxylation is 1. The Balaban J connectivity index is 1.34. The maximum atomic E-state index is 12.6. The van der Waals surface area contributed by atoms with Crippen LogP contribution >= 0.6 is 0 Å². The molecule has 0 atom stereocenters. The minimum Gasteiger partial charge on any atom is -0.490 e. The van der Waals surface area contributed by atoms with Gasteiger partial charge in [0.2, 0.25) is 0 Å². The van der Waals surface area contributed by atoms with Gasteiger partial charge < -0.3 is 14.6 Å². The Morgan fingerprint density at radius 3 is 2.68 bits per heavy atom. The largest absolute Gasteiger partial charge is 0.490 e. The fourth-order valence-corrected chi connectivity index (χ4v) is 3.49. The van der Waals surface area contributed by atoms with Crippen molar-refractivity contribution in [1.29, 1.82) is 0 Å². The number of hydrogen-bond acceptors (Lipinski definition) is 3. The number of nitrogens with one attached hydrogen (secondary N) is 1. The van der Waals surface area contributed by atoms with E-state index < -0.39 is 0 Å². The summed E-state index contributed by atoms with van der Waals surface area (Å²) in [6, 6.07) is 10.1. The highest BCUT2D eigenvalue weighted by Crippen LogP contribution is 2.24. The third kappa shape index (κ3) is 3.24. The second kappa shape index (κ2) is 6.63. The number of para-hydroxylation sites is 1. The Labute approximate surface area is 146 Å². The van der Waals surface area contributed by atoms with Crippen LogP contribution in [0.2, 0.25) is 0 Å². The van der Waals surface area contributed by atoms with Crippen molar-refractivity contribution in [2.24, 2.45) is 7.05 Å². The van der Waals surface area contributed by atoms with Crippen molar-refractivity contribution < 1.29 is 9.53 Å². The molecule has 25 heavy (non-hydrogen) atoms. The number of ether oxygens (including phenoxy) is 1. The van der Waals surface area contributed by atoms with Gasteiger partial charge in [0.05, 0.1) is 12.3 Å². The monoisotopic (exact) mass is 338 g/mol. The summed E-state index contributed by atoms with van der Waals surface area (Å²) >= 11 is 0. The van der Waals surface area contributed by atoms with Crippen LogP contribution in [-0.2, 0) is 7.05 Å². The van der Waals surface area contributed by atoms with Crippen LogP contribution in [0, 0.1) is 0 Å². The maximum absolute atomic E-state index is 12.6. The van der Waals surface area contributed by atoms with Crippen LogP contribution in [-0.4, -0.2) is 32.2 Å². The highest BCUT2D eigenvalue weighted by atomic mass is 16.5. The van der Waals surface area contributed by atoms with E-state index in [0.29, 0.717) is 5.56 Å². The molecule has 2 heterocycles. The fraction of sp³-hybridized carbons (Fsp3) is 0.368. The Kier molecular flexibility index (Phi) is 4.17. The minimum absolute atomic E-state index is 0.0516. The van der Waals surface area contributed by atoms with Gasteiger partial charge in [0.15, 0.2) is 0 Å². The molecule has 0 spiro atoms. The van der Waals surface area contributed by atoms with Crippen molar-refractivity contribution in [1.82, 2.24) is 19.5 Å². The van der Waals surface area contributed by atoms with Gasteiger partial charge in [-0.2, -0.15) is 5.10 Å². The van der Waals surface area contributed by atoms with Crippen LogP contribution in [0.15, 0.2) is 48.9 Å². The number of amides is 1. The van der Waals surface area contributed by atoms with E-state index in [0.717, 1.165) is 37.1 Å². The first kappa shape index (κ1) is 15.7. The standard InChI is InChI=1S/C19H22N4O2/c1-22-11-12-23-19(22)17(13-20-23)18(24)21-14-7-9-16(10-8-14)25-15-5-3-2-4-6-15/h2-6,11-14,16H,7-10H2,1H3,(H,21,24). The number of carbonyl (C=O) groups is 1. The molecule has 0 radical (unpaired) electrons. The van der Waals surface area contributed by atoms with Gasteiger partial charge >= 0.3 is 0 Å². The van der Waals surface area contributed by atoms with E-state index in [9.17, 15) is 4.79 Å². The smallest absolute Gasteiger partial charge is 0.256 e. The van der Waals surface area contributed by atoms with Gasteiger partial charge in [-0.25, -0.2) is 4.52 Å². The fourth-order valence-electron chi connectivity index (χ4n) is 3.49. The summed E-state index contributed by atoms with van der Waals surface area (Å²) in [5.41, 5.74) is 1.44. The van der Waals surface area contributed by atoms with Gasteiger partial charge in [-0.15, -0.1) is 0 Å². The molecule has 6 heteroatoms. The number of rotatable bonds is 4. The van der Waals surface area contributed by atoms with Crippen LogP contribution in [0.5, 0.6) is 5.75 Å². The summed E-state index contributed by atoms with van der Waals surface area (Å²) in [5, 5.41) is 7.38. The zero-order valence-electron chi connectivity index (χ0n) is 14.3.